The van der Waals surface area contributed by atoms with Crippen LogP contribution in [-0.4, -0.2) is 28.9 Å². The van der Waals surface area contributed by atoms with Gasteiger partial charge in [0.1, 0.15) is 0 Å². The Morgan fingerprint density at radius 1 is 1.11 bits per heavy atom. The molecule has 4 heteroatoms. The quantitative estimate of drug-likeness (QED) is 0.779. The molecule has 1 saturated heterocycles. The second-order valence-electron chi connectivity index (χ2n) is 6.31. The molecule has 2 saturated carbocycles. The zero-order valence-electron chi connectivity index (χ0n) is 10.9. The summed E-state index contributed by atoms with van der Waals surface area (Å²) >= 11 is 5.21. The van der Waals surface area contributed by atoms with Crippen molar-refractivity contribution in [2.24, 2.45) is 23.0 Å². The van der Waals surface area contributed by atoms with E-state index in [1.54, 1.807) is 0 Å². The summed E-state index contributed by atoms with van der Waals surface area (Å²) in [6.45, 7) is 1.90. The second kappa shape index (κ2) is 4.48. The van der Waals surface area contributed by atoms with Crippen LogP contribution in [0.1, 0.15) is 44.9 Å². The zero-order chi connectivity index (χ0) is 12.8. The molecule has 3 fully saturated rings. The summed E-state index contributed by atoms with van der Waals surface area (Å²) in [5.74, 6) is 1.74. The lowest BCUT2D eigenvalue weighted by molar-refractivity contribution is -0.137. The van der Waals surface area contributed by atoms with Crippen molar-refractivity contribution in [3.05, 3.63) is 0 Å². The molecular formula is C14H22N2OS. The van der Waals surface area contributed by atoms with Crippen LogP contribution in [0.5, 0.6) is 0 Å². The lowest BCUT2D eigenvalue weighted by atomic mass is 9.84. The molecule has 3 rings (SSSR count). The molecule has 0 radical (unpaired) electrons. The van der Waals surface area contributed by atoms with Crippen molar-refractivity contribution >= 4 is 23.1 Å². The molecule has 1 heterocycles. The molecular weight excluding hydrogens is 244 g/mol. The third-order valence-corrected chi connectivity index (χ3v) is 5.74. The van der Waals surface area contributed by atoms with Crippen molar-refractivity contribution in [2.75, 3.05) is 13.1 Å². The molecule has 2 N–H and O–H groups in total. The number of carbonyl (C=O) groups excluding carboxylic acids is 1. The minimum absolute atomic E-state index is 0.238. The first kappa shape index (κ1) is 12.4. The number of nitrogens with zero attached hydrogens (tertiary/aromatic N) is 1. The molecule has 3 aliphatic rings. The van der Waals surface area contributed by atoms with Gasteiger partial charge >= 0.3 is 0 Å². The Bertz CT molecular complexity index is 364. The topological polar surface area (TPSA) is 46.3 Å². The van der Waals surface area contributed by atoms with Crippen molar-refractivity contribution in [1.82, 2.24) is 4.90 Å². The largest absolute Gasteiger partial charge is 0.392 e. The first-order chi connectivity index (χ1) is 8.63. The van der Waals surface area contributed by atoms with E-state index in [0.29, 0.717) is 4.99 Å². The monoisotopic (exact) mass is 266 g/mol. The van der Waals surface area contributed by atoms with E-state index >= 15 is 0 Å². The van der Waals surface area contributed by atoms with Crippen LogP contribution in [0.25, 0.3) is 0 Å². The van der Waals surface area contributed by atoms with Crippen molar-refractivity contribution in [1.29, 1.82) is 0 Å². The number of nitrogens with two attached hydrogens (primary N) is 1. The summed E-state index contributed by atoms with van der Waals surface area (Å²) in [6.07, 6.45) is 7.86. The van der Waals surface area contributed by atoms with Gasteiger partial charge in [-0.1, -0.05) is 31.5 Å². The maximum Gasteiger partial charge on any atom is 0.235 e. The first-order valence-electron chi connectivity index (χ1n) is 7.23. The van der Waals surface area contributed by atoms with Crippen LogP contribution in [0.3, 0.4) is 0 Å². The number of hydrogen-bond donors (Lipinski definition) is 1. The van der Waals surface area contributed by atoms with E-state index in [0.717, 1.165) is 50.6 Å². The zero-order valence-corrected chi connectivity index (χ0v) is 11.7. The van der Waals surface area contributed by atoms with Gasteiger partial charge in [0.25, 0.3) is 0 Å². The highest BCUT2D eigenvalue weighted by molar-refractivity contribution is 7.80. The molecule has 0 bridgehead atoms. The van der Waals surface area contributed by atoms with E-state index in [1.165, 1.54) is 19.3 Å². The fraction of sp³-hybridized carbons (Fsp3) is 0.857. The molecule has 2 aliphatic carbocycles. The van der Waals surface area contributed by atoms with Gasteiger partial charge < -0.3 is 10.6 Å². The fourth-order valence-electron chi connectivity index (χ4n) is 4.25. The third-order valence-electron chi connectivity index (χ3n) is 5.35. The van der Waals surface area contributed by atoms with Crippen LogP contribution < -0.4 is 5.73 Å². The highest BCUT2D eigenvalue weighted by Crippen LogP contribution is 2.44. The van der Waals surface area contributed by atoms with E-state index in [2.05, 4.69) is 4.90 Å². The lowest BCUT2D eigenvalue weighted by Crippen LogP contribution is -2.48. The Balaban J connectivity index is 1.76. The second-order valence-corrected chi connectivity index (χ2v) is 6.75. The predicted molar refractivity (Wildman–Crippen MR) is 75.1 cm³/mol. The molecule has 0 aromatic heterocycles. The molecule has 0 aromatic carbocycles. The van der Waals surface area contributed by atoms with E-state index < -0.39 is 5.41 Å². The Labute approximate surface area is 114 Å². The highest BCUT2D eigenvalue weighted by atomic mass is 32.1. The van der Waals surface area contributed by atoms with Crippen LogP contribution in [0.4, 0.5) is 0 Å². The van der Waals surface area contributed by atoms with Crippen LogP contribution in [0.2, 0.25) is 0 Å². The van der Waals surface area contributed by atoms with Gasteiger partial charge in [0.05, 0.1) is 10.4 Å². The van der Waals surface area contributed by atoms with Gasteiger partial charge in [-0.25, -0.2) is 0 Å². The van der Waals surface area contributed by atoms with Gasteiger partial charge in [-0.15, -0.1) is 0 Å². The fourth-order valence-corrected chi connectivity index (χ4v) is 4.54. The number of fused-ring (bicyclic) bond motifs is 1. The van der Waals surface area contributed by atoms with Crippen molar-refractivity contribution in [3.63, 3.8) is 0 Å². The minimum atomic E-state index is -0.492. The maximum atomic E-state index is 12.8. The summed E-state index contributed by atoms with van der Waals surface area (Å²) in [5, 5.41) is 0. The summed E-state index contributed by atoms with van der Waals surface area (Å²) in [7, 11) is 0. The summed E-state index contributed by atoms with van der Waals surface area (Å²) in [5.41, 5.74) is 5.41. The van der Waals surface area contributed by atoms with Crippen molar-refractivity contribution in [2.45, 2.75) is 44.9 Å². The number of likely N-dealkylation sites (tertiary alicyclic amines) is 1. The van der Waals surface area contributed by atoms with Gasteiger partial charge in [0, 0.05) is 13.1 Å². The average Bonchev–Trinajstić information content (AvgIpc) is 3.03. The number of amides is 1. The lowest BCUT2D eigenvalue weighted by Gasteiger charge is -2.31. The number of carbonyl (C=O) groups is 1. The van der Waals surface area contributed by atoms with Gasteiger partial charge in [0.15, 0.2) is 0 Å². The van der Waals surface area contributed by atoms with E-state index in [-0.39, 0.29) is 5.91 Å². The number of rotatable bonds is 2. The van der Waals surface area contributed by atoms with Crippen LogP contribution >= 0.6 is 12.2 Å². The predicted octanol–water partition coefficient (Wildman–Crippen LogP) is 2.09. The third kappa shape index (κ3) is 1.77. The van der Waals surface area contributed by atoms with Crippen LogP contribution in [0, 0.1) is 17.3 Å². The minimum Gasteiger partial charge on any atom is -0.392 e. The SMILES string of the molecule is NC(=S)C1(C(=O)N2CC3CCCC3C2)CCCC1. The van der Waals surface area contributed by atoms with Gasteiger partial charge in [-0.05, 0) is 37.5 Å². The molecule has 100 valence electrons. The van der Waals surface area contributed by atoms with E-state index in [4.69, 9.17) is 18.0 Å². The molecule has 0 aromatic rings. The molecule has 18 heavy (non-hydrogen) atoms. The normalized spacial score (nSPS) is 33.7. The van der Waals surface area contributed by atoms with Crippen molar-refractivity contribution < 1.29 is 4.79 Å². The highest BCUT2D eigenvalue weighted by Gasteiger charge is 2.49. The Morgan fingerprint density at radius 2 is 1.67 bits per heavy atom. The average molecular weight is 266 g/mol. The van der Waals surface area contributed by atoms with Gasteiger partial charge in [0.2, 0.25) is 5.91 Å². The number of thiocarbonyl (C=S) groups is 1. The van der Waals surface area contributed by atoms with Crippen LogP contribution in [-0.2, 0) is 4.79 Å². The summed E-state index contributed by atoms with van der Waals surface area (Å²) in [6, 6.07) is 0. The standard InChI is InChI=1S/C14H22N2OS/c15-12(18)14(6-1-2-7-14)13(17)16-8-10-4-3-5-11(10)9-16/h10-11H,1-9H2,(H2,15,18). The first-order valence-corrected chi connectivity index (χ1v) is 7.63. The molecule has 2 unspecified atom stereocenters. The summed E-state index contributed by atoms with van der Waals surface area (Å²) < 4.78 is 0. The van der Waals surface area contributed by atoms with E-state index in [1.807, 2.05) is 0 Å². The Kier molecular flexibility index (Phi) is 3.08. The Morgan fingerprint density at radius 3 is 2.17 bits per heavy atom. The molecule has 1 amide bonds. The molecule has 0 spiro atoms. The van der Waals surface area contributed by atoms with Crippen LogP contribution in [0.15, 0.2) is 0 Å². The molecule has 3 nitrogen and oxygen atoms in total. The maximum absolute atomic E-state index is 12.8. The number of hydrogen-bond acceptors (Lipinski definition) is 2. The molecule has 2 atom stereocenters. The Hall–Kier alpha value is -0.640. The van der Waals surface area contributed by atoms with Gasteiger partial charge in [-0.3, -0.25) is 4.79 Å². The van der Waals surface area contributed by atoms with E-state index in [9.17, 15) is 4.79 Å². The molecule has 1 aliphatic heterocycles. The van der Waals surface area contributed by atoms with Crippen molar-refractivity contribution in [3.8, 4) is 0 Å². The van der Waals surface area contributed by atoms with Gasteiger partial charge in [-0.2, -0.15) is 0 Å². The smallest absolute Gasteiger partial charge is 0.235 e. The summed E-state index contributed by atoms with van der Waals surface area (Å²) in [4.78, 5) is 15.3.